The van der Waals surface area contributed by atoms with E-state index < -0.39 is 0 Å². The number of aliphatic hydroxyl groups is 1. The van der Waals surface area contributed by atoms with Crippen molar-refractivity contribution in [3.63, 3.8) is 0 Å². The monoisotopic (exact) mass is 291 g/mol. The Morgan fingerprint density at radius 1 is 1.30 bits per heavy atom. The lowest BCUT2D eigenvalue weighted by atomic mass is 9.84. The third-order valence-corrected chi connectivity index (χ3v) is 5.67. The Morgan fingerprint density at radius 3 is 2.95 bits per heavy atom. The molecule has 20 heavy (non-hydrogen) atoms. The number of carbonyl (C=O) groups is 1. The summed E-state index contributed by atoms with van der Waals surface area (Å²) in [5.41, 5.74) is 1.16. The molecule has 3 nitrogen and oxygen atoms in total. The lowest BCUT2D eigenvalue weighted by Crippen LogP contribution is -2.45. The Labute approximate surface area is 124 Å². The first-order valence-corrected chi connectivity index (χ1v) is 8.41. The van der Waals surface area contributed by atoms with Crippen molar-refractivity contribution in [2.75, 3.05) is 12.4 Å². The summed E-state index contributed by atoms with van der Waals surface area (Å²) < 4.78 is 0. The zero-order chi connectivity index (χ0) is 13.9. The minimum Gasteiger partial charge on any atom is -0.396 e. The van der Waals surface area contributed by atoms with Crippen LogP contribution in [0.2, 0.25) is 0 Å². The summed E-state index contributed by atoms with van der Waals surface area (Å²) >= 11 is 1.76. The van der Waals surface area contributed by atoms with Crippen molar-refractivity contribution in [3.8, 4) is 0 Å². The lowest BCUT2D eigenvalue weighted by Gasteiger charge is -2.31. The van der Waals surface area contributed by atoms with Crippen LogP contribution < -0.4 is 5.32 Å². The number of hydrogen-bond donors (Lipinski definition) is 2. The molecule has 1 fully saturated rings. The molecule has 108 valence electrons. The molecule has 1 aliphatic heterocycles. The summed E-state index contributed by atoms with van der Waals surface area (Å²) in [6.07, 6.45) is 4.34. The second-order valence-corrected chi connectivity index (χ2v) is 6.81. The summed E-state index contributed by atoms with van der Waals surface area (Å²) in [4.78, 5) is 13.8. The van der Waals surface area contributed by atoms with Crippen LogP contribution in [-0.4, -0.2) is 29.4 Å². The Kier molecular flexibility index (Phi) is 4.32. The fourth-order valence-corrected chi connectivity index (χ4v) is 4.51. The standard InChI is InChI=1S/C16H21NO2S/c18-9-11-5-1-3-7-14(11)17-16(19)13-10-20-15-8-4-2-6-12(13)15/h2,4,6,8,11,13-14,18H,1,3,5,7,9-10H2,(H,17,19). The molecule has 0 bridgehead atoms. The maximum atomic E-state index is 12.5. The molecule has 1 saturated carbocycles. The number of benzene rings is 1. The highest BCUT2D eigenvalue weighted by Crippen LogP contribution is 2.39. The molecule has 1 heterocycles. The van der Waals surface area contributed by atoms with Gasteiger partial charge in [0.05, 0.1) is 5.92 Å². The van der Waals surface area contributed by atoms with Gasteiger partial charge in [-0.25, -0.2) is 0 Å². The normalized spacial score (nSPS) is 28.9. The number of rotatable bonds is 3. The van der Waals surface area contributed by atoms with Gasteiger partial charge in [-0.2, -0.15) is 0 Å². The molecule has 1 amide bonds. The molecule has 3 atom stereocenters. The zero-order valence-electron chi connectivity index (χ0n) is 11.5. The zero-order valence-corrected chi connectivity index (χ0v) is 12.4. The second-order valence-electron chi connectivity index (χ2n) is 5.74. The lowest BCUT2D eigenvalue weighted by molar-refractivity contribution is -0.123. The van der Waals surface area contributed by atoms with E-state index in [1.165, 1.54) is 11.3 Å². The molecular formula is C16H21NO2S. The number of fused-ring (bicyclic) bond motifs is 1. The minimum atomic E-state index is -0.0301. The number of hydrogen-bond acceptors (Lipinski definition) is 3. The highest BCUT2D eigenvalue weighted by atomic mass is 32.2. The van der Waals surface area contributed by atoms with Crippen molar-refractivity contribution < 1.29 is 9.90 Å². The van der Waals surface area contributed by atoms with E-state index in [1.54, 1.807) is 11.8 Å². The smallest absolute Gasteiger partial charge is 0.228 e. The van der Waals surface area contributed by atoms with Crippen LogP contribution in [0.4, 0.5) is 0 Å². The topological polar surface area (TPSA) is 49.3 Å². The molecule has 4 heteroatoms. The van der Waals surface area contributed by atoms with Crippen LogP contribution in [0, 0.1) is 5.92 Å². The highest BCUT2D eigenvalue weighted by molar-refractivity contribution is 7.99. The molecule has 0 saturated heterocycles. The first kappa shape index (κ1) is 14.0. The third-order valence-electron chi connectivity index (χ3n) is 4.49. The third kappa shape index (κ3) is 2.72. The molecule has 0 aromatic heterocycles. The Hall–Kier alpha value is -1.00. The van der Waals surface area contributed by atoms with Gasteiger partial charge in [-0.3, -0.25) is 4.79 Å². The van der Waals surface area contributed by atoms with Gasteiger partial charge in [0.1, 0.15) is 0 Å². The average Bonchev–Trinajstić information content (AvgIpc) is 2.92. The largest absolute Gasteiger partial charge is 0.396 e. The van der Waals surface area contributed by atoms with Crippen LogP contribution in [-0.2, 0) is 4.79 Å². The minimum absolute atomic E-state index is 0.0301. The molecule has 1 aliphatic carbocycles. The molecule has 0 spiro atoms. The fraction of sp³-hybridized carbons (Fsp3) is 0.562. The quantitative estimate of drug-likeness (QED) is 0.900. The number of amides is 1. The molecule has 1 aromatic rings. The molecule has 0 radical (unpaired) electrons. The Balaban J connectivity index is 1.68. The first-order valence-electron chi connectivity index (χ1n) is 7.42. The van der Waals surface area contributed by atoms with Gasteiger partial charge in [0.15, 0.2) is 0 Å². The summed E-state index contributed by atoms with van der Waals surface area (Å²) in [6, 6.07) is 8.32. The van der Waals surface area contributed by atoms with Crippen molar-refractivity contribution in [3.05, 3.63) is 29.8 Å². The van der Waals surface area contributed by atoms with Gasteiger partial charge in [-0.15, -0.1) is 11.8 Å². The SMILES string of the molecule is O=C(NC1CCCCC1CO)C1CSc2ccccc21. The van der Waals surface area contributed by atoms with Crippen LogP contribution >= 0.6 is 11.8 Å². The van der Waals surface area contributed by atoms with E-state index in [2.05, 4.69) is 17.4 Å². The van der Waals surface area contributed by atoms with Crippen molar-refractivity contribution in [1.82, 2.24) is 5.32 Å². The van der Waals surface area contributed by atoms with E-state index in [-0.39, 0.29) is 30.4 Å². The number of thioether (sulfide) groups is 1. The average molecular weight is 291 g/mol. The number of carbonyl (C=O) groups excluding carboxylic acids is 1. The maximum absolute atomic E-state index is 12.5. The first-order chi connectivity index (χ1) is 9.79. The van der Waals surface area contributed by atoms with E-state index >= 15 is 0 Å². The van der Waals surface area contributed by atoms with Gasteiger partial charge in [-0.1, -0.05) is 31.0 Å². The van der Waals surface area contributed by atoms with E-state index in [9.17, 15) is 9.90 Å². The van der Waals surface area contributed by atoms with Crippen LogP contribution in [0.5, 0.6) is 0 Å². The molecule has 3 rings (SSSR count). The van der Waals surface area contributed by atoms with E-state index in [4.69, 9.17) is 0 Å². The fourth-order valence-electron chi connectivity index (χ4n) is 3.28. The van der Waals surface area contributed by atoms with Gasteiger partial charge < -0.3 is 10.4 Å². The van der Waals surface area contributed by atoms with Crippen molar-refractivity contribution in [2.24, 2.45) is 5.92 Å². The van der Waals surface area contributed by atoms with Crippen LogP contribution in [0.15, 0.2) is 29.2 Å². The Morgan fingerprint density at radius 2 is 2.10 bits per heavy atom. The Bertz CT molecular complexity index is 491. The summed E-state index contributed by atoms with van der Waals surface area (Å²) in [5.74, 6) is 1.17. The number of aliphatic hydroxyl groups excluding tert-OH is 1. The van der Waals surface area contributed by atoms with E-state index in [1.807, 2.05) is 12.1 Å². The molecule has 1 aromatic carbocycles. The molecule has 2 aliphatic rings. The predicted molar refractivity (Wildman–Crippen MR) is 80.9 cm³/mol. The van der Waals surface area contributed by atoms with Crippen molar-refractivity contribution in [1.29, 1.82) is 0 Å². The summed E-state index contributed by atoms with van der Waals surface area (Å²) in [7, 11) is 0. The second kappa shape index (κ2) is 6.19. The van der Waals surface area contributed by atoms with Crippen LogP contribution in [0.25, 0.3) is 0 Å². The maximum Gasteiger partial charge on any atom is 0.228 e. The van der Waals surface area contributed by atoms with E-state index in [0.717, 1.165) is 30.6 Å². The van der Waals surface area contributed by atoms with Gasteiger partial charge in [0.2, 0.25) is 5.91 Å². The van der Waals surface area contributed by atoms with Crippen LogP contribution in [0.1, 0.15) is 37.2 Å². The van der Waals surface area contributed by atoms with Crippen molar-refractivity contribution in [2.45, 2.75) is 42.5 Å². The van der Waals surface area contributed by atoms with Gasteiger partial charge in [0, 0.05) is 29.2 Å². The highest BCUT2D eigenvalue weighted by Gasteiger charge is 2.32. The van der Waals surface area contributed by atoms with E-state index in [0.29, 0.717) is 0 Å². The van der Waals surface area contributed by atoms with Gasteiger partial charge in [0.25, 0.3) is 0 Å². The summed E-state index contributed by atoms with van der Waals surface area (Å²) in [6.45, 7) is 0.181. The predicted octanol–water partition coefficient (Wildman–Crippen LogP) is 2.54. The van der Waals surface area contributed by atoms with Gasteiger partial charge >= 0.3 is 0 Å². The van der Waals surface area contributed by atoms with Crippen molar-refractivity contribution >= 4 is 17.7 Å². The summed E-state index contributed by atoms with van der Waals surface area (Å²) in [5, 5.41) is 12.6. The van der Waals surface area contributed by atoms with Gasteiger partial charge in [-0.05, 0) is 24.5 Å². The number of nitrogens with one attached hydrogen (secondary N) is 1. The van der Waals surface area contributed by atoms with Crippen LogP contribution in [0.3, 0.4) is 0 Å². The molecular weight excluding hydrogens is 270 g/mol. The molecule has 3 unspecified atom stereocenters. The molecule has 2 N–H and O–H groups in total.